The van der Waals surface area contributed by atoms with Crippen molar-refractivity contribution >= 4 is 22.6 Å². The summed E-state index contributed by atoms with van der Waals surface area (Å²) in [7, 11) is 0. The second-order valence-electron chi connectivity index (χ2n) is 5.43. The highest BCUT2D eigenvalue weighted by atomic mass is 16.5. The fourth-order valence-corrected chi connectivity index (χ4v) is 2.37. The number of rotatable bonds is 5. The lowest BCUT2D eigenvalue weighted by Gasteiger charge is -2.07. The number of carbonyl (C=O) groups excluding carboxylic acids is 2. The first-order valence-corrected chi connectivity index (χ1v) is 7.73. The molecule has 0 radical (unpaired) electrons. The molecule has 1 heterocycles. The van der Waals surface area contributed by atoms with Crippen molar-refractivity contribution in [2.45, 2.75) is 6.61 Å². The van der Waals surface area contributed by atoms with Gasteiger partial charge in [-0.1, -0.05) is 48.5 Å². The zero-order valence-corrected chi connectivity index (χ0v) is 13.3. The second kappa shape index (κ2) is 7.44. The lowest BCUT2D eigenvalue weighted by atomic mass is 10.1. The predicted octanol–water partition coefficient (Wildman–Crippen LogP) is 2.00. The van der Waals surface area contributed by atoms with E-state index in [0.717, 1.165) is 5.56 Å². The third kappa shape index (κ3) is 4.11. The molecule has 0 saturated carbocycles. The Bertz CT molecular complexity index is 964. The molecule has 1 amide bonds. The molecule has 0 aliphatic rings. The molecule has 0 bridgehead atoms. The number of hydrogen-bond acceptors (Lipinski definition) is 4. The van der Waals surface area contributed by atoms with E-state index in [1.54, 1.807) is 30.3 Å². The van der Waals surface area contributed by atoms with Crippen LogP contribution in [0.15, 0.2) is 65.5 Å². The molecule has 126 valence electrons. The van der Waals surface area contributed by atoms with E-state index in [-0.39, 0.29) is 24.4 Å². The van der Waals surface area contributed by atoms with Gasteiger partial charge in [0.05, 0.1) is 0 Å². The van der Waals surface area contributed by atoms with Gasteiger partial charge in [0, 0.05) is 5.39 Å². The highest BCUT2D eigenvalue weighted by Crippen LogP contribution is 2.09. The summed E-state index contributed by atoms with van der Waals surface area (Å²) in [5.74, 6) is -1.10. The minimum Gasteiger partial charge on any atom is -0.460 e. The molecule has 2 aromatic carbocycles. The number of nitrogens with one attached hydrogen (secondary N) is 2. The highest BCUT2D eigenvalue weighted by molar-refractivity contribution is 5.97. The number of pyridine rings is 1. The largest absolute Gasteiger partial charge is 0.460 e. The summed E-state index contributed by atoms with van der Waals surface area (Å²) in [6.45, 7) is -0.136. The van der Waals surface area contributed by atoms with E-state index in [9.17, 15) is 14.4 Å². The molecule has 0 fully saturated rings. The maximum atomic E-state index is 12.1. The van der Waals surface area contributed by atoms with Crippen LogP contribution in [0.3, 0.4) is 0 Å². The number of ether oxygens (including phenoxy) is 1. The maximum absolute atomic E-state index is 12.1. The first-order valence-electron chi connectivity index (χ1n) is 7.73. The summed E-state index contributed by atoms with van der Waals surface area (Å²) in [5, 5.41) is 3.60. The smallest absolute Gasteiger partial charge is 0.325 e. The van der Waals surface area contributed by atoms with E-state index < -0.39 is 11.9 Å². The summed E-state index contributed by atoms with van der Waals surface area (Å²) < 4.78 is 5.08. The van der Waals surface area contributed by atoms with Crippen LogP contribution in [0, 0.1) is 0 Å². The highest BCUT2D eigenvalue weighted by Gasteiger charge is 2.11. The Morgan fingerprint density at radius 2 is 1.72 bits per heavy atom. The summed E-state index contributed by atoms with van der Waals surface area (Å²) in [5.41, 5.74) is 0.607. The summed E-state index contributed by atoms with van der Waals surface area (Å²) in [6.07, 6.45) is 0. The molecule has 6 heteroatoms. The van der Waals surface area contributed by atoms with Crippen molar-refractivity contribution in [2.75, 3.05) is 6.54 Å². The summed E-state index contributed by atoms with van der Waals surface area (Å²) in [6, 6.07) is 17.8. The molecule has 0 aliphatic carbocycles. The molecule has 2 N–H and O–H groups in total. The van der Waals surface area contributed by atoms with Gasteiger partial charge in [-0.05, 0) is 23.1 Å². The molecular weight excluding hydrogens is 320 g/mol. The lowest BCUT2D eigenvalue weighted by Crippen LogP contribution is -2.32. The zero-order chi connectivity index (χ0) is 17.6. The zero-order valence-electron chi connectivity index (χ0n) is 13.3. The molecule has 0 unspecified atom stereocenters. The first kappa shape index (κ1) is 16.4. The lowest BCUT2D eigenvalue weighted by molar-refractivity contribution is -0.143. The van der Waals surface area contributed by atoms with Crippen molar-refractivity contribution in [1.82, 2.24) is 10.3 Å². The molecule has 3 rings (SSSR count). The van der Waals surface area contributed by atoms with Crippen LogP contribution in [-0.4, -0.2) is 23.4 Å². The Morgan fingerprint density at radius 1 is 1.00 bits per heavy atom. The maximum Gasteiger partial charge on any atom is 0.325 e. The van der Waals surface area contributed by atoms with Crippen molar-refractivity contribution in [3.05, 3.63) is 82.3 Å². The molecule has 3 aromatic rings. The van der Waals surface area contributed by atoms with Gasteiger partial charge in [0.25, 0.3) is 11.5 Å². The third-order valence-corrected chi connectivity index (χ3v) is 3.63. The van der Waals surface area contributed by atoms with Crippen molar-refractivity contribution in [3.63, 3.8) is 0 Å². The third-order valence-electron chi connectivity index (χ3n) is 3.63. The van der Waals surface area contributed by atoms with E-state index in [0.29, 0.717) is 10.8 Å². The second-order valence-corrected chi connectivity index (χ2v) is 5.43. The van der Waals surface area contributed by atoms with Crippen LogP contribution in [0.25, 0.3) is 10.8 Å². The number of aromatic amines is 1. The van der Waals surface area contributed by atoms with E-state index in [2.05, 4.69) is 10.3 Å². The Balaban J connectivity index is 1.59. The van der Waals surface area contributed by atoms with Crippen molar-refractivity contribution in [3.8, 4) is 0 Å². The van der Waals surface area contributed by atoms with Crippen LogP contribution in [-0.2, 0) is 16.1 Å². The number of aromatic nitrogens is 1. The molecule has 0 saturated heterocycles. The van der Waals surface area contributed by atoms with Gasteiger partial charge >= 0.3 is 5.97 Å². The topological polar surface area (TPSA) is 88.3 Å². The van der Waals surface area contributed by atoms with Gasteiger partial charge in [-0.15, -0.1) is 0 Å². The Hall–Kier alpha value is -3.41. The van der Waals surface area contributed by atoms with Crippen LogP contribution >= 0.6 is 0 Å². The molecule has 0 aliphatic heterocycles. The first-order chi connectivity index (χ1) is 12.1. The van der Waals surface area contributed by atoms with E-state index >= 15 is 0 Å². The number of H-pyrrole nitrogens is 1. The van der Waals surface area contributed by atoms with Gasteiger partial charge in [-0.3, -0.25) is 14.4 Å². The summed E-state index contributed by atoms with van der Waals surface area (Å²) >= 11 is 0. The molecule has 1 aromatic heterocycles. The van der Waals surface area contributed by atoms with Gasteiger partial charge in [0.15, 0.2) is 0 Å². The van der Waals surface area contributed by atoms with Gasteiger partial charge in [-0.25, -0.2) is 0 Å². The van der Waals surface area contributed by atoms with Crippen LogP contribution in [0.4, 0.5) is 0 Å². The Kier molecular flexibility index (Phi) is 4.89. The average molecular weight is 336 g/mol. The summed E-state index contributed by atoms with van der Waals surface area (Å²) in [4.78, 5) is 38.3. The average Bonchev–Trinajstić information content (AvgIpc) is 2.65. The molecule has 6 nitrogen and oxygen atoms in total. The SMILES string of the molecule is O=C(CNC(=O)c1cc2ccccc2c(=O)[nH]1)OCc1ccccc1. The Morgan fingerprint density at radius 3 is 2.52 bits per heavy atom. The van der Waals surface area contributed by atoms with E-state index in [4.69, 9.17) is 4.74 Å². The monoisotopic (exact) mass is 336 g/mol. The van der Waals surface area contributed by atoms with Crippen LogP contribution in [0.5, 0.6) is 0 Å². The number of hydrogen-bond donors (Lipinski definition) is 2. The van der Waals surface area contributed by atoms with E-state index in [1.165, 1.54) is 0 Å². The van der Waals surface area contributed by atoms with Crippen LogP contribution < -0.4 is 10.9 Å². The number of carbonyl (C=O) groups is 2. The number of esters is 1. The molecule has 0 atom stereocenters. The number of amides is 1. The van der Waals surface area contributed by atoms with Crippen molar-refractivity contribution < 1.29 is 14.3 Å². The minimum atomic E-state index is -0.555. The number of benzene rings is 2. The Labute approximate surface area is 143 Å². The van der Waals surface area contributed by atoms with Crippen LogP contribution in [0.1, 0.15) is 16.1 Å². The van der Waals surface area contributed by atoms with Crippen molar-refractivity contribution in [1.29, 1.82) is 0 Å². The van der Waals surface area contributed by atoms with Gasteiger partial charge < -0.3 is 15.0 Å². The standard InChI is InChI=1S/C19H16N2O4/c22-17(25-12-13-6-2-1-3-7-13)11-20-19(24)16-10-14-8-4-5-9-15(14)18(23)21-16/h1-10H,11-12H2,(H,20,24)(H,21,23). The van der Waals surface area contributed by atoms with Gasteiger partial charge in [0.2, 0.25) is 0 Å². The van der Waals surface area contributed by atoms with Gasteiger partial charge in [-0.2, -0.15) is 0 Å². The van der Waals surface area contributed by atoms with E-state index in [1.807, 2.05) is 30.3 Å². The normalized spacial score (nSPS) is 10.4. The number of fused-ring (bicyclic) bond motifs is 1. The fourth-order valence-electron chi connectivity index (χ4n) is 2.37. The molecule has 25 heavy (non-hydrogen) atoms. The molecule has 0 spiro atoms. The minimum absolute atomic E-state index is 0.0968. The predicted molar refractivity (Wildman–Crippen MR) is 93.1 cm³/mol. The van der Waals surface area contributed by atoms with Crippen molar-refractivity contribution in [2.24, 2.45) is 0 Å². The quantitative estimate of drug-likeness (QED) is 0.698. The van der Waals surface area contributed by atoms with Gasteiger partial charge in [0.1, 0.15) is 18.8 Å². The fraction of sp³-hybridized carbons (Fsp3) is 0.105. The molecular formula is C19H16N2O4. The van der Waals surface area contributed by atoms with Crippen LogP contribution in [0.2, 0.25) is 0 Å².